The molecule has 0 aliphatic carbocycles. The Morgan fingerprint density at radius 3 is 2.00 bits per heavy atom. The van der Waals surface area contributed by atoms with Gasteiger partial charge < -0.3 is 20.4 Å². The first kappa shape index (κ1) is 22.7. The van der Waals surface area contributed by atoms with Gasteiger partial charge in [0.2, 0.25) is 0 Å². The molecule has 1 amide bonds. The number of ether oxygens (including phenoxy) is 1. The molecule has 8 nitrogen and oxygen atoms in total. The highest BCUT2D eigenvalue weighted by Gasteiger charge is 2.34. The Bertz CT molecular complexity index is 1310. The third kappa shape index (κ3) is 4.91. The van der Waals surface area contributed by atoms with Crippen LogP contribution in [0.15, 0.2) is 60.9 Å². The lowest BCUT2D eigenvalue weighted by atomic mass is 10.0. The fraction of sp³-hybridized carbons (Fsp3) is 0.296. The van der Waals surface area contributed by atoms with Gasteiger partial charge in [-0.15, -0.1) is 0 Å². The highest BCUT2D eigenvalue weighted by Crippen LogP contribution is 2.33. The lowest BCUT2D eigenvalue weighted by Gasteiger charge is -2.27. The third-order valence-corrected chi connectivity index (χ3v) is 6.11. The quantitative estimate of drug-likeness (QED) is 0.349. The number of nitrogens with two attached hydrogens (primary N) is 1. The summed E-state index contributed by atoms with van der Waals surface area (Å²) in [6.45, 7) is 6.33. The molecule has 1 atom stereocenters. The van der Waals surface area contributed by atoms with Crippen molar-refractivity contribution in [2.45, 2.75) is 45.3 Å². The molecule has 0 radical (unpaired) electrons. The van der Waals surface area contributed by atoms with Gasteiger partial charge in [-0.25, -0.2) is 14.8 Å². The standard InChI is InChI=1S/C27H30N6O2/c1-27(2,3)35-26(34)33-14-4-5-23(33)24-29-15-21(31-24)19-10-6-17(7-11-19)18-8-12-20(13-9-18)22-16-30-25(28)32-22/h6-13,15-16,23H,4-5,14H2,1-3H3,(H,29,31)(H3,28,30,32). The normalized spacial score (nSPS) is 16.0. The van der Waals surface area contributed by atoms with Crippen molar-refractivity contribution < 1.29 is 9.53 Å². The van der Waals surface area contributed by atoms with Gasteiger partial charge in [0.1, 0.15) is 11.4 Å². The number of aromatic amines is 2. The second kappa shape index (κ2) is 8.94. The molecule has 1 aliphatic rings. The fourth-order valence-corrected chi connectivity index (χ4v) is 4.41. The summed E-state index contributed by atoms with van der Waals surface area (Å²) < 4.78 is 5.59. The van der Waals surface area contributed by atoms with Crippen LogP contribution in [-0.4, -0.2) is 43.1 Å². The van der Waals surface area contributed by atoms with Crippen LogP contribution in [0.2, 0.25) is 0 Å². The van der Waals surface area contributed by atoms with Crippen molar-refractivity contribution in [3.05, 3.63) is 66.7 Å². The van der Waals surface area contributed by atoms with Crippen LogP contribution < -0.4 is 5.73 Å². The Morgan fingerprint density at radius 2 is 1.46 bits per heavy atom. The fourth-order valence-electron chi connectivity index (χ4n) is 4.41. The second-order valence-electron chi connectivity index (χ2n) is 9.85. The van der Waals surface area contributed by atoms with E-state index in [-0.39, 0.29) is 12.1 Å². The first-order chi connectivity index (χ1) is 16.8. The predicted octanol–water partition coefficient (Wildman–Crippen LogP) is 5.79. The number of aromatic nitrogens is 4. The molecule has 3 heterocycles. The van der Waals surface area contributed by atoms with Crippen molar-refractivity contribution in [2.24, 2.45) is 0 Å². The average Bonchev–Trinajstić information content (AvgIpc) is 3.58. The smallest absolute Gasteiger partial charge is 0.410 e. The number of likely N-dealkylation sites (tertiary alicyclic amines) is 1. The van der Waals surface area contributed by atoms with Crippen LogP contribution in [0, 0.1) is 0 Å². The molecule has 2 aromatic heterocycles. The summed E-state index contributed by atoms with van der Waals surface area (Å²) in [5.41, 5.74) is 11.3. The molecule has 1 saturated heterocycles. The van der Waals surface area contributed by atoms with E-state index in [9.17, 15) is 4.79 Å². The lowest BCUT2D eigenvalue weighted by molar-refractivity contribution is 0.0218. The van der Waals surface area contributed by atoms with Crippen molar-refractivity contribution >= 4 is 12.0 Å². The minimum atomic E-state index is -0.520. The minimum absolute atomic E-state index is 0.0957. The summed E-state index contributed by atoms with van der Waals surface area (Å²) in [5.74, 6) is 1.20. The molecule has 1 aliphatic heterocycles. The zero-order chi connectivity index (χ0) is 24.6. The second-order valence-corrected chi connectivity index (χ2v) is 9.85. The van der Waals surface area contributed by atoms with Crippen LogP contribution in [0.3, 0.4) is 0 Å². The number of amides is 1. The van der Waals surface area contributed by atoms with Crippen LogP contribution >= 0.6 is 0 Å². The molecule has 1 fully saturated rings. The van der Waals surface area contributed by atoms with Crippen LogP contribution in [-0.2, 0) is 4.74 Å². The number of carbonyl (C=O) groups excluding carboxylic acids is 1. The van der Waals surface area contributed by atoms with Gasteiger partial charge in [0.25, 0.3) is 0 Å². The number of hydrogen-bond donors (Lipinski definition) is 3. The number of anilines is 1. The van der Waals surface area contributed by atoms with Crippen molar-refractivity contribution in [2.75, 3.05) is 12.3 Å². The summed E-state index contributed by atoms with van der Waals surface area (Å²) in [4.78, 5) is 29.6. The summed E-state index contributed by atoms with van der Waals surface area (Å²) in [6.07, 6.45) is 5.08. The highest BCUT2D eigenvalue weighted by atomic mass is 16.6. The molecule has 8 heteroatoms. The summed E-state index contributed by atoms with van der Waals surface area (Å²) in [6, 6.07) is 16.5. The molecular weight excluding hydrogens is 440 g/mol. The van der Waals surface area contributed by atoms with Crippen molar-refractivity contribution in [3.8, 4) is 33.6 Å². The number of carbonyl (C=O) groups is 1. The maximum absolute atomic E-state index is 12.6. The van der Waals surface area contributed by atoms with Gasteiger partial charge in [-0.05, 0) is 55.9 Å². The molecule has 2 aromatic carbocycles. The van der Waals surface area contributed by atoms with Gasteiger partial charge in [0.15, 0.2) is 5.95 Å². The zero-order valence-electron chi connectivity index (χ0n) is 20.2. The number of nitrogens with zero attached hydrogens (tertiary/aromatic N) is 3. The lowest BCUT2D eigenvalue weighted by Crippen LogP contribution is -2.36. The molecule has 0 spiro atoms. The Balaban J connectivity index is 1.30. The largest absolute Gasteiger partial charge is 0.444 e. The molecule has 0 bridgehead atoms. The van der Waals surface area contributed by atoms with E-state index in [1.807, 2.05) is 27.0 Å². The molecule has 4 N–H and O–H groups in total. The Kier molecular flexibility index (Phi) is 5.80. The van der Waals surface area contributed by atoms with Gasteiger partial charge in [-0.3, -0.25) is 4.90 Å². The maximum atomic E-state index is 12.6. The van der Waals surface area contributed by atoms with E-state index in [1.165, 1.54) is 0 Å². The number of nitrogen functional groups attached to an aromatic ring is 1. The van der Waals surface area contributed by atoms with Gasteiger partial charge >= 0.3 is 6.09 Å². The van der Waals surface area contributed by atoms with E-state index in [0.717, 1.165) is 52.3 Å². The Morgan fingerprint density at radius 1 is 0.914 bits per heavy atom. The van der Waals surface area contributed by atoms with Crippen LogP contribution in [0.4, 0.5) is 10.7 Å². The number of rotatable bonds is 4. The van der Waals surface area contributed by atoms with Gasteiger partial charge in [-0.2, -0.15) is 0 Å². The zero-order valence-corrected chi connectivity index (χ0v) is 20.2. The molecule has 0 saturated carbocycles. The van der Waals surface area contributed by atoms with Crippen molar-refractivity contribution in [1.82, 2.24) is 24.8 Å². The van der Waals surface area contributed by atoms with Gasteiger partial charge in [-0.1, -0.05) is 48.5 Å². The van der Waals surface area contributed by atoms with Crippen molar-refractivity contribution in [1.29, 1.82) is 0 Å². The molecular formula is C27H30N6O2. The summed E-state index contributed by atoms with van der Waals surface area (Å²) >= 11 is 0. The van der Waals surface area contributed by atoms with Crippen LogP contribution in [0.25, 0.3) is 33.6 Å². The molecule has 5 rings (SSSR count). The monoisotopic (exact) mass is 470 g/mol. The average molecular weight is 471 g/mol. The maximum Gasteiger partial charge on any atom is 0.410 e. The van der Waals surface area contributed by atoms with E-state index in [1.54, 1.807) is 11.1 Å². The molecule has 35 heavy (non-hydrogen) atoms. The van der Waals surface area contributed by atoms with E-state index in [4.69, 9.17) is 10.5 Å². The predicted molar refractivity (Wildman–Crippen MR) is 136 cm³/mol. The minimum Gasteiger partial charge on any atom is -0.444 e. The topological polar surface area (TPSA) is 113 Å². The molecule has 1 unspecified atom stereocenters. The van der Waals surface area contributed by atoms with Crippen molar-refractivity contribution in [3.63, 3.8) is 0 Å². The van der Waals surface area contributed by atoms with Gasteiger partial charge in [0, 0.05) is 6.54 Å². The number of imidazole rings is 2. The van der Waals surface area contributed by atoms with Gasteiger partial charge in [0.05, 0.1) is 29.8 Å². The highest BCUT2D eigenvalue weighted by molar-refractivity contribution is 5.72. The molecule has 180 valence electrons. The van der Waals surface area contributed by atoms with E-state index in [0.29, 0.717) is 12.5 Å². The Labute approximate surface area is 204 Å². The number of hydrogen-bond acceptors (Lipinski definition) is 5. The van der Waals surface area contributed by atoms with Crippen LogP contribution in [0.5, 0.6) is 0 Å². The molecule has 4 aromatic rings. The van der Waals surface area contributed by atoms with E-state index < -0.39 is 5.60 Å². The third-order valence-electron chi connectivity index (χ3n) is 6.11. The van der Waals surface area contributed by atoms with E-state index in [2.05, 4.69) is 68.5 Å². The SMILES string of the molecule is CC(C)(C)OC(=O)N1CCCC1c1ncc(-c2ccc(-c3ccc(-c4cnc(N)[nH]4)cc3)cc2)[nH]1. The summed E-state index contributed by atoms with van der Waals surface area (Å²) in [7, 11) is 0. The van der Waals surface area contributed by atoms with E-state index >= 15 is 0 Å². The summed E-state index contributed by atoms with van der Waals surface area (Å²) in [5, 5.41) is 0. The number of benzene rings is 2. The first-order valence-corrected chi connectivity index (χ1v) is 11.8. The van der Waals surface area contributed by atoms with Crippen LogP contribution in [0.1, 0.15) is 45.5 Å². The Hall–Kier alpha value is -4.07. The number of nitrogens with one attached hydrogen (secondary N) is 2. The number of H-pyrrole nitrogens is 2. The first-order valence-electron chi connectivity index (χ1n) is 11.8.